The summed E-state index contributed by atoms with van der Waals surface area (Å²) < 4.78 is 0. The molecular formula is C10H17NO2. The normalized spacial score (nSPS) is 11.2. The van der Waals surface area contributed by atoms with Gasteiger partial charge in [-0.1, -0.05) is 17.2 Å². The predicted octanol–water partition coefficient (Wildman–Crippen LogP) is 1.57. The van der Waals surface area contributed by atoms with Gasteiger partial charge in [0, 0.05) is 19.2 Å². The zero-order valence-corrected chi connectivity index (χ0v) is 8.42. The van der Waals surface area contributed by atoms with Crippen molar-refractivity contribution in [2.24, 2.45) is 0 Å². The summed E-state index contributed by atoms with van der Waals surface area (Å²) in [6.07, 6.45) is 3.28. The van der Waals surface area contributed by atoms with Gasteiger partial charge in [-0.2, -0.15) is 0 Å². The van der Waals surface area contributed by atoms with Crippen molar-refractivity contribution in [2.75, 3.05) is 13.1 Å². The predicted molar refractivity (Wildman–Crippen MR) is 53.7 cm³/mol. The molecule has 74 valence electrons. The maximum atomic E-state index is 10.2. The summed E-state index contributed by atoms with van der Waals surface area (Å²) in [5.41, 5.74) is 2.09. The van der Waals surface area contributed by atoms with Crippen LogP contribution in [0.3, 0.4) is 0 Å². The van der Waals surface area contributed by atoms with Gasteiger partial charge in [-0.05, 0) is 20.8 Å². The van der Waals surface area contributed by atoms with Gasteiger partial charge in [0.2, 0.25) is 0 Å². The molecule has 0 bridgehead atoms. The molecule has 0 aromatic heterocycles. The fraction of sp³-hybridized carbons (Fsp3) is 0.500. The second kappa shape index (κ2) is 6.43. The first-order valence-electron chi connectivity index (χ1n) is 4.26. The van der Waals surface area contributed by atoms with Crippen LogP contribution in [0, 0.1) is 0 Å². The van der Waals surface area contributed by atoms with Crippen molar-refractivity contribution < 1.29 is 9.90 Å². The third kappa shape index (κ3) is 8.82. The highest BCUT2D eigenvalue weighted by Gasteiger charge is 1.92. The summed E-state index contributed by atoms with van der Waals surface area (Å²) in [6.45, 7) is 7.26. The van der Waals surface area contributed by atoms with Gasteiger partial charge >= 0.3 is 5.97 Å². The summed E-state index contributed by atoms with van der Waals surface area (Å²) in [5, 5.41) is 11.5. The Morgan fingerprint density at radius 2 is 2.00 bits per heavy atom. The van der Waals surface area contributed by atoms with Crippen LogP contribution in [0.5, 0.6) is 0 Å². The van der Waals surface area contributed by atoms with Crippen molar-refractivity contribution >= 4 is 5.97 Å². The molecule has 3 heteroatoms. The van der Waals surface area contributed by atoms with Crippen molar-refractivity contribution in [1.29, 1.82) is 0 Å². The van der Waals surface area contributed by atoms with Crippen LogP contribution < -0.4 is 5.32 Å². The van der Waals surface area contributed by atoms with Crippen LogP contribution in [0.4, 0.5) is 0 Å². The number of carboxylic acid groups (broad SMARTS) is 1. The van der Waals surface area contributed by atoms with E-state index in [1.165, 1.54) is 11.6 Å². The van der Waals surface area contributed by atoms with Crippen LogP contribution in [0.25, 0.3) is 0 Å². The molecule has 3 nitrogen and oxygen atoms in total. The number of aliphatic carboxylic acids is 1. The Kier molecular flexibility index (Phi) is 5.89. The van der Waals surface area contributed by atoms with Gasteiger partial charge in [0.05, 0.1) is 0 Å². The summed E-state index contributed by atoms with van der Waals surface area (Å²) in [7, 11) is 0. The maximum absolute atomic E-state index is 10.2. The van der Waals surface area contributed by atoms with E-state index in [0.717, 1.165) is 12.1 Å². The maximum Gasteiger partial charge on any atom is 0.328 e. The van der Waals surface area contributed by atoms with E-state index in [9.17, 15) is 4.79 Å². The summed E-state index contributed by atoms with van der Waals surface area (Å²) in [4.78, 5) is 10.2. The Balaban J connectivity index is 3.65. The van der Waals surface area contributed by atoms with Crippen molar-refractivity contribution in [2.45, 2.75) is 20.8 Å². The average molecular weight is 183 g/mol. The molecule has 0 rings (SSSR count). The molecule has 0 saturated carbocycles. The molecule has 0 amide bonds. The van der Waals surface area contributed by atoms with Crippen LogP contribution in [0.1, 0.15) is 20.8 Å². The lowest BCUT2D eigenvalue weighted by molar-refractivity contribution is -0.131. The highest BCUT2D eigenvalue weighted by molar-refractivity contribution is 5.80. The lowest BCUT2D eigenvalue weighted by atomic mass is 10.2. The van der Waals surface area contributed by atoms with Crippen LogP contribution in [0.15, 0.2) is 23.3 Å². The first kappa shape index (κ1) is 11.9. The lowest BCUT2D eigenvalue weighted by Gasteiger charge is -2.00. The molecule has 0 aliphatic heterocycles. The van der Waals surface area contributed by atoms with Crippen molar-refractivity contribution in [3.63, 3.8) is 0 Å². The molecule has 0 radical (unpaired) electrons. The van der Waals surface area contributed by atoms with Crippen LogP contribution >= 0.6 is 0 Å². The molecular weight excluding hydrogens is 166 g/mol. The fourth-order valence-electron chi connectivity index (χ4n) is 0.807. The molecule has 2 N–H and O–H groups in total. The zero-order chi connectivity index (χ0) is 10.3. The zero-order valence-electron chi connectivity index (χ0n) is 8.42. The van der Waals surface area contributed by atoms with E-state index in [1.807, 2.05) is 13.8 Å². The smallest absolute Gasteiger partial charge is 0.328 e. The number of hydrogen-bond donors (Lipinski definition) is 2. The number of carbonyl (C=O) groups is 1. The van der Waals surface area contributed by atoms with Crippen molar-refractivity contribution in [1.82, 2.24) is 5.32 Å². The fourth-order valence-corrected chi connectivity index (χ4v) is 0.807. The van der Waals surface area contributed by atoms with Gasteiger partial charge in [0.25, 0.3) is 0 Å². The molecule has 13 heavy (non-hydrogen) atoms. The number of nitrogens with one attached hydrogen (secondary N) is 1. The largest absolute Gasteiger partial charge is 0.478 e. The van der Waals surface area contributed by atoms with E-state index in [-0.39, 0.29) is 0 Å². The third-order valence-electron chi connectivity index (χ3n) is 1.43. The number of hydrogen-bond acceptors (Lipinski definition) is 2. The minimum absolute atomic E-state index is 0.621. The minimum Gasteiger partial charge on any atom is -0.478 e. The van der Waals surface area contributed by atoms with E-state index in [4.69, 9.17) is 5.11 Å². The topological polar surface area (TPSA) is 49.3 Å². The average Bonchev–Trinajstić information content (AvgIpc) is 1.96. The Hall–Kier alpha value is -1.09. The van der Waals surface area contributed by atoms with Crippen molar-refractivity contribution in [3.05, 3.63) is 23.3 Å². The van der Waals surface area contributed by atoms with Gasteiger partial charge in [0.15, 0.2) is 0 Å². The van der Waals surface area contributed by atoms with Gasteiger partial charge in [-0.3, -0.25) is 0 Å². The monoisotopic (exact) mass is 183 g/mol. The van der Waals surface area contributed by atoms with Crippen LogP contribution in [-0.2, 0) is 4.79 Å². The first-order valence-corrected chi connectivity index (χ1v) is 4.26. The molecule has 0 aliphatic carbocycles. The van der Waals surface area contributed by atoms with E-state index in [1.54, 1.807) is 6.92 Å². The second-order valence-electron chi connectivity index (χ2n) is 3.24. The van der Waals surface area contributed by atoms with Gasteiger partial charge in [0.1, 0.15) is 0 Å². The summed E-state index contributed by atoms with van der Waals surface area (Å²) in [6, 6.07) is 0. The molecule has 0 saturated heterocycles. The van der Waals surface area contributed by atoms with E-state index >= 15 is 0 Å². The first-order chi connectivity index (χ1) is 6.02. The van der Waals surface area contributed by atoms with Crippen LogP contribution in [-0.4, -0.2) is 24.2 Å². The molecule has 0 aromatic carbocycles. The number of allylic oxidation sites excluding steroid dienone is 1. The van der Waals surface area contributed by atoms with E-state index in [0.29, 0.717) is 6.54 Å². The Morgan fingerprint density at radius 3 is 2.46 bits per heavy atom. The summed E-state index contributed by atoms with van der Waals surface area (Å²) in [5.74, 6) is -0.887. The molecule has 0 aromatic rings. The van der Waals surface area contributed by atoms with Gasteiger partial charge in [-0.15, -0.1) is 0 Å². The third-order valence-corrected chi connectivity index (χ3v) is 1.43. The highest BCUT2D eigenvalue weighted by Crippen LogP contribution is 1.90. The number of rotatable bonds is 5. The Morgan fingerprint density at radius 1 is 1.38 bits per heavy atom. The van der Waals surface area contributed by atoms with Crippen LogP contribution in [0.2, 0.25) is 0 Å². The molecule has 0 spiro atoms. The van der Waals surface area contributed by atoms with Gasteiger partial charge in [-0.25, -0.2) is 4.79 Å². The summed E-state index contributed by atoms with van der Waals surface area (Å²) >= 11 is 0. The molecule has 0 fully saturated rings. The minimum atomic E-state index is -0.887. The molecule has 0 atom stereocenters. The Bertz CT molecular complexity index is 225. The van der Waals surface area contributed by atoms with Crippen molar-refractivity contribution in [3.8, 4) is 0 Å². The lowest BCUT2D eigenvalue weighted by Crippen LogP contribution is -2.16. The van der Waals surface area contributed by atoms with E-state index in [2.05, 4.69) is 11.4 Å². The quantitative estimate of drug-likeness (QED) is 0.386. The molecule has 0 heterocycles. The molecule has 0 aliphatic rings. The second-order valence-corrected chi connectivity index (χ2v) is 3.24. The van der Waals surface area contributed by atoms with E-state index < -0.39 is 5.97 Å². The SMILES string of the molecule is CC(C)=CCNCC(C)=CC(=O)O. The standard InChI is InChI=1S/C10H17NO2/c1-8(2)4-5-11-7-9(3)6-10(12)13/h4,6,11H,5,7H2,1-3H3,(H,12,13). The molecule has 0 unspecified atom stereocenters. The Labute approximate surface area is 79.2 Å². The number of carboxylic acids is 1. The highest BCUT2D eigenvalue weighted by atomic mass is 16.4. The van der Waals surface area contributed by atoms with Gasteiger partial charge < -0.3 is 10.4 Å².